The van der Waals surface area contributed by atoms with Gasteiger partial charge in [-0.1, -0.05) is 71.8 Å². The fraction of sp³-hybridized carbons (Fsp3) is 0.0741. The van der Waals surface area contributed by atoms with Gasteiger partial charge in [-0.2, -0.15) is 10.4 Å². The van der Waals surface area contributed by atoms with Crippen LogP contribution in [-0.4, -0.2) is 15.7 Å². The first-order valence-electron chi connectivity index (χ1n) is 10.4. The summed E-state index contributed by atoms with van der Waals surface area (Å²) in [6.07, 6.45) is 3.38. The van der Waals surface area contributed by atoms with Gasteiger partial charge in [-0.3, -0.25) is 4.79 Å². The average molecular weight is 453 g/mol. The Kier molecular flexibility index (Phi) is 6.68. The number of rotatable bonds is 6. The Morgan fingerprint density at radius 3 is 2.42 bits per heavy atom. The summed E-state index contributed by atoms with van der Waals surface area (Å²) in [7, 11) is 0. The Bertz CT molecular complexity index is 1330. The van der Waals surface area contributed by atoms with Crippen molar-refractivity contribution in [3.63, 3.8) is 0 Å². The number of carbonyl (C=O) groups is 1. The lowest BCUT2D eigenvalue weighted by Crippen LogP contribution is -2.23. The molecule has 0 spiro atoms. The lowest BCUT2D eigenvalue weighted by molar-refractivity contribution is -0.117. The highest BCUT2D eigenvalue weighted by Crippen LogP contribution is 2.27. The Morgan fingerprint density at radius 1 is 1.06 bits per heavy atom. The lowest BCUT2D eigenvalue weighted by atomic mass is 10.1. The Morgan fingerprint density at radius 2 is 1.76 bits per heavy atom. The molecule has 1 N–H and O–H groups in total. The van der Waals surface area contributed by atoms with Crippen molar-refractivity contribution in [2.45, 2.75) is 13.5 Å². The third kappa shape index (κ3) is 5.38. The molecule has 1 amide bonds. The first-order chi connectivity index (χ1) is 16.0. The summed E-state index contributed by atoms with van der Waals surface area (Å²) in [6.45, 7) is 2.35. The third-order valence-electron chi connectivity index (χ3n) is 5.12. The van der Waals surface area contributed by atoms with Crippen LogP contribution in [0.4, 0.5) is 0 Å². The van der Waals surface area contributed by atoms with Crippen LogP contribution in [0, 0.1) is 18.3 Å². The molecule has 6 heteroatoms. The van der Waals surface area contributed by atoms with Crippen molar-refractivity contribution in [1.29, 1.82) is 5.26 Å². The van der Waals surface area contributed by atoms with Crippen LogP contribution in [-0.2, 0) is 11.3 Å². The highest BCUT2D eigenvalue weighted by atomic mass is 35.5. The molecule has 0 saturated carbocycles. The van der Waals surface area contributed by atoms with Crippen LogP contribution in [0.5, 0.6) is 0 Å². The molecular formula is C27H21ClN4O. The van der Waals surface area contributed by atoms with Gasteiger partial charge in [0.2, 0.25) is 0 Å². The largest absolute Gasteiger partial charge is 0.347 e. The summed E-state index contributed by atoms with van der Waals surface area (Å²) < 4.78 is 1.73. The molecule has 0 atom stereocenters. The average Bonchev–Trinajstić information content (AvgIpc) is 3.27. The molecule has 4 aromatic rings. The van der Waals surface area contributed by atoms with Gasteiger partial charge in [0.1, 0.15) is 11.6 Å². The van der Waals surface area contributed by atoms with E-state index in [0.29, 0.717) is 22.8 Å². The van der Waals surface area contributed by atoms with E-state index in [1.165, 1.54) is 0 Å². The predicted molar refractivity (Wildman–Crippen MR) is 131 cm³/mol. The summed E-state index contributed by atoms with van der Waals surface area (Å²) in [5.41, 5.74) is 5.12. The van der Waals surface area contributed by atoms with Crippen LogP contribution in [0.1, 0.15) is 16.7 Å². The van der Waals surface area contributed by atoms with Gasteiger partial charge in [0, 0.05) is 28.9 Å². The van der Waals surface area contributed by atoms with Crippen LogP contribution in [0.15, 0.2) is 90.6 Å². The first kappa shape index (κ1) is 22.1. The fourth-order valence-corrected chi connectivity index (χ4v) is 3.45. The number of nitrogens with zero attached hydrogens (tertiary/aromatic N) is 3. The van der Waals surface area contributed by atoms with Gasteiger partial charge >= 0.3 is 0 Å². The highest BCUT2D eigenvalue weighted by Gasteiger charge is 2.15. The number of para-hydroxylation sites is 1. The second-order valence-corrected chi connectivity index (χ2v) is 7.99. The van der Waals surface area contributed by atoms with Gasteiger partial charge in [0.25, 0.3) is 5.91 Å². The van der Waals surface area contributed by atoms with Gasteiger partial charge in [-0.05, 0) is 42.8 Å². The Hall–Kier alpha value is -4.14. The SMILES string of the molecule is Cc1ccc(CNC(=O)C(C#N)=Cc2cn(-c3ccccc3)nc2-c2ccc(Cl)cc2)cc1. The molecule has 4 rings (SSSR count). The molecular weight excluding hydrogens is 432 g/mol. The van der Waals surface area contributed by atoms with Crippen LogP contribution in [0.2, 0.25) is 5.02 Å². The summed E-state index contributed by atoms with van der Waals surface area (Å²) in [4.78, 5) is 12.7. The minimum absolute atomic E-state index is 0.00457. The number of benzene rings is 3. The van der Waals surface area contributed by atoms with Gasteiger partial charge in [-0.15, -0.1) is 0 Å². The van der Waals surface area contributed by atoms with Crippen molar-refractivity contribution >= 4 is 23.6 Å². The number of aryl methyl sites for hydroxylation is 1. The molecule has 0 bridgehead atoms. The molecule has 0 fully saturated rings. The Balaban J connectivity index is 1.66. The zero-order valence-corrected chi connectivity index (χ0v) is 18.8. The van der Waals surface area contributed by atoms with Gasteiger partial charge < -0.3 is 5.32 Å². The molecule has 3 aromatic carbocycles. The van der Waals surface area contributed by atoms with Crippen LogP contribution in [0.25, 0.3) is 23.0 Å². The topological polar surface area (TPSA) is 70.7 Å². The molecule has 162 valence electrons. The molecule has 0 unspecified atom stereocenters. The minimum Gasteiger partial charge on any atom is -0.347 e. The van der Waals surface area contributed by atoms with Gasteiger partial charge in [0.05, 0.1) is 11.4 Å². The van der Waals surface area contributed by atoms with E-state index < -0.39 is 5.91 Å². The van der Waals surface area contributed by atoms with Crippen molar-refractivity contribution < 1.29 is 4.79 Å². The molecule has 0 aliphatic carbocycles. The second-order valence-electron chi connectivity index (χ2n) is 7.56. The number of nitriles is 1. The zero-order chi connectivity index (χ0) is 23.2. The summed E-state index contributed by atoms with van der Waals surface area (Å²) in [5, 5.41) is 17.8. The number of hydrogen-bond donors (Lipinski definition) is 1. The summed E-state index contributed by atoms with van der Waals surface area (Å²) >= 11 is 6.05. The number of aromatic nitrogens is 2. The van der Waals surface area contributed by atoms with Gasteiger partial charge in [-0.25, -0.2) is 4.68 Å². The first-order valence-corrected chi connectivity index (χ1v) is 10.8. The molecule has 0 aliphatic heterocycles. The summed E-state index contributed by atoms with van der Waals surface area (Å²) in [6, 6.07) is 26.8. The van der Waals surface area contributed by atoms with E-state index in [1.54, 1.807) is 22.9 Å². The third-order valence-corrected chi connectivity index (χ3v) is 5.37. The maximum atomic E-state index is 12.7. The lowest BCUT2D eigenvalue weighted by Gasteiger charge is -2.05. The molecule has 33 heavy (non-hydrogen) atoms. The smallest absolute Gasteiger partial charge is 0.262 e. The number of hydrogen-bond acceptors (Lipinski definition) is 3. The maximum absolute atomic E-state index is 12.7. The molecule has 0 aliphatic rings. The summed E-state index contributed by atoms with van der Waals surface area (Å²) in [5.74, 6) is -0.437. The van der Waals surface area contributed by atoms with E-state index in [4.69, 9.17) is 16.7 Å². The van der Waals surface area contributed by atoms with Crippen LogP contribution < -0.4 is 5.32 Å². The molecule has 1 aromatic heterocycles. The monoisotopic (exact) mass is 452 g/mol. The van der Waals surface area contributed by atoms with E-state index in [1.807, 2.05) is 85.9 Å². The van der Waals surface area contributed by atoms with Crippen molar-refractivity contribution in [1.82, 2.24) is 15.1 Å². The quantitative estimate of drug-likeness (QED) is 0.300. The van der Waals surface area contributed by atoms with Crippen LogP contribution >= 0.6 is 11.6 Å². The van der Waals surface area contributed by atoms with Crippen LogP contribution in [0.3, 0.4) is 0 Å². The highest BCUT2D eigenvalue weighted by molar-refractivity contribution is 6.30. The Labute approximate surface area is 197 Å². The van der Waals surface area contributed by atoms with E-state index in [2.05, 4.69) is 5.32 Å². The maximum Gasteiger partial charge on any atom is 0.262 e. The second kappa shape index (κ2) is 9.99. The van der Waals surface area contributed by atoms with E-state index in [0.717, 1.165) is 22.4 Å². The van der Waals surface area contributed by atoms with E-state index in [-0.39, 0.29) is 5.57 Å². The van der Waals surface area contributed by atoms with Crippen molar-refractivity contribution in [2.24, 2.45) is 0 Å². The molecule has 0 radical (unpaired) electrons. The predicted octanol–water partition coefficient (Wildman–Crippen LogP) is 5.72. The van der Waals surface area contributed by atoms with E-state index in [9.17, 15) is 10.1 Å². The van der Waals surface area contributed by atoms with Crippen molar-refractivity contribution in [3.8, 4) is 23.0 Å². The van der Waals surface area contributed by atoms with Crippen molar-refractivity contribution in [2.75, 3.05) is 0 Å². The van der Waals surface area contributed by atoms with Gasteiger partial charge in [0.15, 0.2) is 0 Å². The molecule has 5 nitrogen and oxygen atoms in total. The normalized spacial score (nSPS) is 11.1. The number of amides is 1. The zero-order valence-electron chi connectivity index (χ0n) is 18.0. The number of carbonyl (C=O) groups excluding carboxylic acids is 1. The standard InChI is InChI=1S/C27H21ClN4O/c1-19-7-9-20(10-8-19)17-30-27(33)22(16-29)15-23-18-32(25-5-3-2-4-6-25)31-26(23)21-11-13-24(28)14-12-21/h2-15,18H,17H2,1H3,(H,30,33). The minimum atomic E-state index is -0.437. The van der Waals surface area contributed by atoms with Crippen molar-refractivity contribution in [3.05, 3.63) is 112 Å². The number of nitrogens with one attached hydrogen (secondary N) is 1. The van der Waals surface area contributed by atoms with E-state index >= 15 is 0 Å². The number of halogens is 1. The molecule has 0 saturated heterocycles. The molecule has 1 heterocycles. The fourth-order valence-electron chi connectivity index (χ4n) is 3.33.